The Balaban J connectivity index is 1.68. The molecule has 0 aliphatic rings. The maximum atomic E-state index is 13.5. The van der Waals surface area contributed by atoms with Crippen molar-refractivity contribution in [3.63, 3.8) is 0 Å². The number of halogens is 1. The molecule has 0 spiro atoms. The Morgan fingerprint density at radius 1 is 0.714 bits per heavy atom. The smallest absolute Gasteiger partial charge is 0.205 e. The average Bonchev–Trinajstić information content (AvgIpc) is 3.24. The predicted molar refractivity (Wildman–Crippen MR) is 103 cm³/mol. The van der Waals surface area contributed by atoms with E-state index in [4.69, 9.17) is 0 Å². The number of rotatable bonds is 3. The number of para-hydroxylation sites is 1. The van der Waals surface area contributed by atoms with Gasteiger partial charge in [0, 0.05) is 16.5 Å². The van der Waals surface area contributed by atoms with E-state index < -0.39 is 0 Å². The van der Waals surface area contributed by atoms with Gasteiger partial charge in [-0.1, -0.05) is 54.6 Å². The van der Waals surface area contributed by atoms with Crippen LogP contribution in [0.1, 0.15) is 0 Å². The second kappa shape index (κ2) is 6.62. The highest BCUT2D eigenvalue weighted by atomic mass is 19.1. The molecule has 2 heterocycles. The molecule has 0 saturated heterocycles. The molecule has 5 aromatic rings. The molecule has 0 aliphatic carbocycles. The van der Waals surface area contributed by atoms with Crippen molar-refractivity contribution in [1.82, 2.24) is 30.2 Å². The molecule has 0 radical (unpaired) electrons. The average molecular weight is 368 g/mol. The highest BCUT2D eigenvalue weighted by Crippen LogP contribution is 2.24. The SMILES string of the molecule is Fc1cccc(-c2nnn(-c3nc(-c4ccccc4)nc4ccccc34)n2)c1. The maximum absolute atomic E-state index is 13.5. The molecular weight excluding hydrogens is 355 g/mol. The molecule has 0 N–H and O–H groups in total. The molecule has 6 nitrogen and oxygen atoms in total. The Hall–Kier alpha value is -4.00. The number of tetrazole rings is 1. The number of fused-ring (bicyclic) bond motifs is 1. The maximum Gasteiger partial charge on any atom is 0.205 e. The van der Waals surface area contributed by atoms with Gasteiger partial charge in [0.05, 0.1) is 5.52 Å². The van der Waals surface area contributed by atoms with Crippen LogP contribution >= 0.6 is 0 Å². The highest BCUT2D eigenvalue weighted by molar-refractivity contribution is 5.86. The van der Waals surface area contributed by atoms with Gasteiger partial charge in [-0.25, -0.2) is 14.4 Å². The van der Waals surface area contributed by atoms with Gasteiger partial charge < -0.3 is 0 Å². The van der Waals surface area contributed by atoms with Crippen molar-refractivity contribution in [1.29, 1.82) is 0 Å². The van der Waals surface area contributed by atoms with Crippen LogP contribution in [0.2, 0.25) is 0 Å². The van der Waals surface area contributed by atoms with Crippen LogP contribution in [-0.4, -0.2) is 30.2 Å². The van der Waals surface area contributed by atoms with Crippen molar-refractivity contribution in [2.24, 2.45) is 0 Å². The fourth-order valence-corrected chi connectivity index (χ4v) is 2.98. The summed E-state index contributed by atoms with van der Waals surface area (Å²) in [6, 6.07) is 23.4. The lowest BCUT2D eigenvalue weighted by molar-refractivity contribution is 0.628. The van der Waals surface area contributed by atoms with Crippen LogP contribution in [0.15, 0.2) is 78.9 Å². The molecule has 0 bridgehead atoms. The fourth-order valence-electron chi connectivity index (χ4n) is 2.98. The largest absolute Gasteiger partial charge is 0.228 e. The normalized spacial score (nSPS) is 11.0. The molecule has 0 fully saturated rings. The summed E-state index contributed by atoms with van der Waals surface area (Å²) in [5.74, 6) is 1.05. The number of aromatic nitrogens is 6. The fraction of sp³-hybridized carbons (Fsp3) is 0. The first-order valence-corrected chi connectivity index (χ1v) is 8.66. The molecule has 0 aliphatic heterocycles. The van der Waals surface area contributed by atoms with E-state index in [-0.39, 0.29) is 5.82 Å². The zero-order valence-corrected chi connectivity index (χ0v) is 14.6. The summed E-state index contributed by atoms with van der Waals surface area (Å²) in [6.07, 6.45) is 0. The van der Waals surface area contributed by atoms with Crippen LogP contribution in [0.5, 0.6) is 0 Å². The van der Waals surface area contributed by atoms with E-state index in [1.807, 2.05) is 54.6 Å². The van der Waals surface area contributed by atoms with Crippen molar-refractivity contribution >= 4 is 10.9 Å². The van der Waals surface area contributed by atoms with Gasteiger partial charge >= 0.3 is 0 Å². The van der Waals surface area contributed by atoms with E-state index in [1.54, 1.807) is 12.1 Å². The minimum Gasteiger partial charge on any atom is -0.228 e. The Kier molecular flexibility index (Phi) is 3.83. The van der Waals surface area contributed by atoms with Crippen molar-refractivity contribution < 1.29 is 4.39 Å². The molecule has 134 valence electrons. The summed E-state index contributed by atoms with van der Waals surface area (Å²) in [5.41, 5.74) is 2.21. The van der Waals surface area contributed by atoms with Crippen molar-refractivity contribution in [3.8, 4) is 28.6 Å². The standard InChI is InChI=1S/C21H13FN6/c22-16-10-6-9-15(13-16)20-25-27-28(26-20)21-17-11-4-5-12-18(17)23-19(24-21)14-7-2-1-3-8-14/h1-13H. The summed E-state index contributed by atoms with van der Waals surface area (Å²) >= 11 is 0. The van der Waals surface area contributed by atoms with E-state index >= 15 is 0 Å². The van der Waals surface area contributed by atoms with E-state index in [2.05, 4.69) is 25.4 Å². The lowest BCUT2D eigenvalue weighted by Gasteiger charge is -2.07. The van der Waals surface area contributed by atoms with Crippen LogP contribution in [0.25, 0.3) is 39.5 Å². The van der Waals surface area contributed by atoms with Gasteiger partial charge in [-0.2, -0.15) is 0 Å². The molecule has 5 rings (SSSR count). The zero-order chi connectivity index (χ0) is 18.9. The molecule has 0 saturated carbocycles. The van der Waals surface area contributed by atoms with Crippen molar-refractivity contribution in [2.75, 3.05) is 0 Å². The summed E-state index contributed by atoms with van der Waals surface area (Å²) in [6.45, 7) is 0. The van der Waals surface area contributed by atoms with Gasteiger partial charge in [-0.3, -0.25) is 0 Å². The lowest BCUT2D eigenvalue weighted by Crippen LogP contribution is -2.05. The monoisotopic (exact) mass is 368 g/mol. The summed E-state index contributed by atoms with van der Waals surface area (Å²) in [5, 5.41) is 13.4. The number of hydrogen-bond acceptors (Lipinski definition) is 5. The first-order valence-electron chi connectivity index (χ1n) is 8.66. The summed E-state index contributed by atoms with van der Waals surface area (Å²) < 4.78 is 13.5. The topological polar surface area (TPSA) is 69.4 Å². The third-order valence-corrected chi connectivity index (χ3v) is 4.30. The van der Waals surface area contributed by atoms with Gasteiger partial charge in [-0.05, 0) is 29.5 Å². The molecule has 7 heteroatoms. The predicted octanol–water partition coefficient (Wildman–Crippen LogP) is 4.08. The van der Waals surface area contributed by atoms with E-state index in [0.29, 0.717) is 23.0 Å². The van der Waals surface area contributed by atoms with Gasteiger partial charge in [0.2, 0.25) is 5.82 Å². The zero-order valence-electron chi connectivity index (χ0n) is 14.6. The molecular formula is C21H13FN6. The summed E-state index contributed by atoms with van der Waals surface area (Å²) in [4.78, 5) is 10.7. The van der Waals surface area contributed by atoms with E-state index in [1.165, 1.54) is 16.9 Å². The third-order valence-electron chi connectivity index (χ3n) is 4.30. The van der Waals surface area contributed by atoms with Crippen molar-refractivity contribution in [2.45, 2.75) is 0 Å². The van der Waals surface area contributed by atoms with Gasteiger partial charge in [0.1, 0.15) is 5.82 Å². The highest BCUT2D eigenvalue weighted by Gasteiger charge is 2.15. The minimum atomic E-state index is -0.354. The quantitative estimate of drug-likeness (QED) is 0.480. The Bertz CT molecular complexity index is 1280. The number of hydrogen-bond donors (Lipinski definition) is 0. The van der Waals surface area contributed by atoms with E-state index in [0.717, 1.165) is 16.5 Å². The minimum absolute atomic E-state index is 0.323. The van der Waals surface area contributed by atoms with Gasteiger partial charge in [0.15, 0.2) is 11.6 Å². The Morgan fingerprint density at radius 2 is 1.50 bits per heavy atom. The molecule has 3 aromatic carbocycles. The first-order chi connectivity index (χ1) is 13.8. The second-order valence-corrected chi connectivity index (χ2v) is 6.17. The van der Waals surface area contributed by atoms with Crippen LogP contribution in [0, 0.1) is 5.82 Å². The lowest BCUT2D eigenvalue weighted by atomic mass is 10.2. The third kappa shape index (κ3) is 2.88. The van der Waals surface area contributed by atoms with Crippen LogP contribution < -0.4 is 0 Å². The number of nitrogens with zero attached hydrogens (tertiary/aromatic N) is 6. The molecule has 28 heavy (non-hydrogen) atoms. The second-order valence-electron chi connectivity index (χ2n) is 6.17. The molecule has 2 aromatic heterocycles. The molecule has 0 atom stereocenters. The van der Waals surface area contributed by atoms with Gasteiger partial charge in [-0.15, -0.1) is 15.0 Å². The van der Waals surface area contributed by atoms with E-state index in [9.17, 15) is 4.39 Å². The van der Waals surface area contributed by atoms with Gasteiger partial charge in [0.25, 0.3) is 0 Å². The number of benzene rings is 3. The van der Waals surface area contributed by atoms with Crippen molar-refractivity contribution in [3.05, 3.63) is 84.7 Å². The summed E-state index contributed by atoms with van der Waals surface area (Å²) in [7, 11) is 0. The Morgan fingerprint density at radius 3 is 2.36 bits per heavy atom. The molecule has 0 unspecified atom stereocenters. The van der Waals surface area contributed by atoms with Crippen LogP contribution in [0.4, 0.5) is 4.39 Å². The molecule has 0 amide bonds. The van der Waals surface area contributed by atoms with Crippen LogP contribution in [-0.2, 0) is 0 Å². The first kappa shape index (κ1) is 16.2. The van der Waals surface area contributed by atoms with Crippen LogP contribution in [0.3, 0.4) is 0 Å². The Labute approximate surface area is 159 Å².